The van der Waals surface area contributed by atoms with Gasteiger partial charge in [-0.2, -0.15) is 5.10 Å². The van der Waals surface area contributed by atoms with Crippen molar-refractivity contribution in [3.05, 3.63) is 18.5 Å². The number of likely N-dealkylation sites (tertiary alicyclic amines) is 1. The molecule has 1 saturated heterocycles. The van der Waals surface area contributed by atoms with E-state index in [2.05, 4.69) is 41.4 Å². The van der Waals surface area contributed by atoms with Gasteiger partial charge in [-0.15, -0.1) is 0 Å². The summed E-state index contributed by atoms with van der Waals surface area (Å²) in [6.07, 6.45) is 8.77. The SMILES string of the molecule is CCNC(=NCC(CC(C)C)N1CCCC1)NCCCn1cccn1. The Morgan fingerprint density at radius 2 is 2.04 bits per heavy atom. The van der Waals surface area contributed by atoms with E-state index in [1.165, 1.54) is 32.4 Å². The number of guanidine groups is 1. The summed E-state index contributed by atoms with van der Waals surface area (Å²) in [6, 6.07) is 2.54. The third-order valence-electron chi connectivity index (χ3n) is 4.62. The van der Waals surface area contributed by atoms with Gasteiger partial charge in [-0.05, 0) is 57.7 Å². The number of aliphatic imine (C=N–C) groups is 1. The summed E-state index contributed by atoms with van der Waals surface area (Å²) < 4.78 is 1.97. The Balaban J connectivity index is 1.80. The van der Waals surface area contributed by atoms with E-state index in [0.717, 1.165) is 38.6 Å². The molecule has 2 N–H and O–H groups in total. The van der Waals surface area contributed by atoms with Gasteiger partial charge in [-0.1, -0.05) is 13.8 Å². The predicted molar refractivity (Wildman–Crippen MR) is 105 cm³/mol. The summed E-state index contributed by atoms with van der Waals surface area (Å²) in [5.74, 6) is 1.65. The molecule has 2 rings (SSSR count). The minimum atomic E-state index is 0.571. The van der Waals surface area contributed by atoms with Crippen molar-refractivity contribution in [2.75, 3.05) is 32.7 Å². The van der Waals surface area contributed by atoms with E-state index >= 15 is 0 Å². The Bertz CT molecular complexity index is 476. The fourth-order valence-corrected chi connectivity index (χ4v) is 3.41. The highest BCUT2D eigenvalue weighted by Gasteiger charge is 2.22. The van der Waals surface area contributed by atoms with Crippen LogP contribution in [0.15, 0.2) is 23.5 Å². The molecule has 0 bridgehead atoms. The molecule has 1 fully saturated rings. The summed E-state index contributed by atoms with van der Waals surface area (Å²) in [4.78, 5) is 7.51. The molecule has 25 heavy (non-hydrogen) atoms. The molecule has 0 saturated carbocycles. The molecule has 0 aromatic carbocycles. The molecule has 6 nitrogen and oxygen atoms in total. The van der Waals surface area contributed by atoms with Crippen LogP contribution in [-0.4, -0.2) is 59.4 Å². The van der Waals surface area contributed by atoms with Crippen LogP contribution in [0, 0.1) is 5.92 Å². The largest absolute Gasteiger partial charge is 0.357 e. The first-order chi connectivity index (χ1) is 12.2. The van der Waals surface area contributed by atoms with E-state index in [9.17, 15) is 0 Å². The van der Waals surface area contributed by atoms with Crippen LogP contribution in [0.3, 0.4) is 0 Å². The number of hydrogen-bond donors (Lipinski definition) is 2. The van der Waals surface area contributed by atoms with Crippen molar-refractivity contribution in [2.24, 2.45) is 10.9 Å². The molecule has 1 aliphatic rings. The monoisotopic (exact) mass is 348 g/mol. The van der Waals surface area contributed by atoms with Gasteiger partial charge in [0.2, 0.25) is 0 Å². The number of hydrogen-bond acceptors (Lipinski definition) is 3. The second-order valence-corrected chi connectivity index (χ2v) is 7.30. The number of aryl methyl sites for hydroxylation is 1. The predicted octanol–water partition coefficient (Wildman–Crippen LogP) is 2.34. The topological polar surface area (TPSA) is 57.5 Å². The van der Waals surface area contributed by atoms with E-state index < -0.39 is 0 Å². The van der Waals surface area contributed by atoms with Crippen molar-refractivity contribution in [3.63, 3.8) is 0 Å². The maximum Gasteiger partial charge on any atom is 0.191 e. The standard InChI is InChI=1S/C19H36N6/c1-4-20-19(21-9-7-13-25-14-8-10-23-25)22-16-18(15-17(2)3)24-11-5-6-12-24/h8,10,14,17-18H,4-7,9,11-13,15-16H2,1-3H3,(H2,20,21,22). The first kappa shape index (κ1) is 19.8. The molecule has 0 aliphatic carbocycles. The molecule has 1 aliphatic heterocycles. The fraction of sp³-hybridized carbons (Fsp3) is 0.789. The van der Waals surface area contributed by atoms with Gasteiger partial charge in [-0.25, -0.2) is 0 Å². The summed E-state index contributed by atoms with van der Waals surface area (Å²) in [5.41, 5.74) is 0. The summed E-state index contributed by atoms with van der Waals surface area (Å²) in [5, 5.41) is 11.1. The zero-order valence-corrected chi connectivity index (χ0v) is 16.2. The van der Waals surface area contributed by atoms with Crippen LogP contribution in [0.25, 0.3) is 0 Å². The normalized spacial score (nSPS) is 17.2. The van der Waals surface area contributed by atoms with Crippen molar-refractivity contribution in [2.45, 2.75) is 59.0 Å². The number of nitrogens with zero attached hydrogens (tertiary/aromatic N) is 4. The van der Waals surface area contributed by atoms with Crippen molar-refractivity contribution >= 4 is 5.96 Å². The third kappa shape index (κ3) is 7.46. The smallest absolute Gasteiger partial charge is 0.191 e. The molecule has 1 unspecified atom stereocenters. The molecular weight excluding hydrogens is 312 g/mol. The highest BCUT2D eigenvalue weighted by molar-refractivity contribution is 5.79. The molecule has 0 amide bonds. The van der Waals surface area contributed by atoms with Gasteiger partial charge >= 0.3 is 0 Å². The molecule has 1 atom stereocenters. The highest BCUT2D eigenvalue weighted by atomic mass is 15.3. The van der Waals surface area contributed by atoms with E-state index in [0.29, 0.717) is 12.0 Å². The van der Waals surface area contributed by atoms with Crippen LogP contribution in [0.1, 0.15) is 46.5 Å². The Morgan fingerprint density at radius 1 is 1.24 bits per heavy atom. The number of rotatable bonds is 10. The molecule has 6 heteroatoms. The Labute approximate surface area is 153 Å². The third-order valence-corrected chi connectivity index (χ3v) is 4.62. The minimum absolute atomic E-state index is 0.571. The van der Waals surface area contributed by atoms with Gasteiger partial charge in [0.1, 0.15) is 0 Å². The van der Waals surface area contributed by atoms with Gasteiger partial charge in [0.25, 0.3) is 0 Å². The second-order valence-electron chi connectivity index (χ2n) is 7.30. The number of aromatic nitrogens is 2. The first-order valence-electron chi connectivity index (χ1n) is 9.92. The molecule has 1 aromatic rings. The van der Waals surface area contributed by atoms with Gasteiger partial charge in [-0.3, -0.25) is 14.6 Å². The van der Waals surface area contributed by atoms with Crippen LogP contribution in [0.2, 0.25) is 0 Å². The number of nitrogens with one attached hydrogen (secondary N) is 2. The zero-order valence-electron chi connectivity index (χ0n) is 16.2. The summed E-state index contributed by atoms with van der Waals surface area (Å²) >= 11 is 0. The highest BCUT2D eigenvalue weighted by Crippen LogP contribution is 2.18. The van der Waals surface area contributed by atoms with Gasteiger partial charge in [0.15, 0.2) is 5.96 Å². The van der Waals surface area contributed by atoms with Crippen LogP contribution in [0.5, 0.6) is 0 Å². The van der Waals surface area contributed by atoms with E-state index in [4.69, 9.17) is 4.99 Å². The Kier molecular flexibility index (Phi) is 8.80. The molecule has 2 heterocycles. The maximum atomic E-state index is 4.88. The molecule has 0 radical (unpaired) electrons. The quantitative estimate of drug-likeness (QED) is 0.387. The van der Waals surface area contributed by atoms with Gasteiger partial charge < -0.3 is 10.6 Å². The minimum Gasteiger partial charge on any atom is -0.357 e. The second kappa shape index (κ2) is 11.1. The summed E-state index contributed by atoms with van der Waals surface area (Å²) in [6.45, 7) is 12.8. The van der Waals surface area contributed by atoms with Gasteiger partial charge in [0, 0.05) is 38.1 Å². The average molecular weight is 349 g/mol. The lowest BCUT2D eigenvalue weighted by Crippen LogP contribution is -2.41. The van der Waals surface area contributed by atoms with Crippen molar-refractivity contribution in [1.29, 1.82) is 0 Å². The van der Waals surface area contributed by atoms with E-state index in [1.54, 1.807) is 0 Å². The molecule has 142 valence electrons. The van der Waals surface area contributed by atoms with Crippen molar-refractivity contribution < 1.29 is 0 Å². The Hall–Kier alpha value is -1.56. The lowest BCUT2D eigenvalue weighted by Gasteiger charge is -2.28. The lowest BCUT2D eigenvalue weighted by molar-refractivity contribution is 0.218. The Morgan fingerprint density at radius 3 is 2.68 bits per heavy atom. The van der Waals surface area contributed by atoms with Crippen molar-refractivity contribution in [3.8, 4) is 0 Å². The first-order valence-corrected chi connectivity index (χ1v) is 9.92. The van der Waals surface area contributed by atoms with Crippen LogP contribution >= 0.6 is 0 Å². The van der Waals surface area contributed by atoms with Gasteiger partial charge in [0.05, 0.1) is 6.54 Å². The molecule has 1 aromatic heterocycles. The van der Waals surface area contributed by atoms with Crippen LogP contribution in [0.4, 0.5) is 0 Å². The summed E-state index contributed by atoms with van der Waals surface area (Å²) in [7, 11) is 0. The maximum absolute atomic E-state index is 4.88. The van der Waals surface area contributed by atoms with Crippen LogP contribution < -0.4 is 10.6 Å². The average Bonchev–Trinajstić information content (AvgIpc) is 3.28. The molecule has 0 spiro atoms. The fourth-order valence-electron chi connectivity index (χ4n) is 3.41. The molecular formula is C19H36N6. The van der Waals surface area contributed by atoms with Crippen LogP contribution in [-0.2, 0) is 6.54 Å². The van der Waals surface area contributed by atoms with E-state index in [1.807, 2.05) is 23.1 Å². The lowest BCUT2D eigenvalue weighted by atomic mass is 10.0. The zero-order chi connectivity index (χ0) is 17.9. The van der Waals surface area contributed by atoms with Crippen molar-refractivity contribution in [1.82, 2.24) is 25.3 Å². The van der Waals surface area contributed by atoms with E-state index in [-0.39, 0.29) is 0 Å².